The van der Waals surface area contributed by atoms with Gasteiger partial charge in [0.2, 0.25) is 0 Å². The summed E-state index contributed by atoms with van der Waals surface area (Å²) in [5.41, 5.74) is 0. The van der Waals surface area contributed by atoms with E-state index in [9.17, 15) is 43.2 Å². The molecule has 0 spiro atoms. The molecular weight excluding hydrogens is 1320 g/mol. The van der Waals surface area contributed by atoms with Crippen molar-refractivity contribution in [2.75, 3.05) is 39.6 Å². The van der Waals surface area contributed by atoms with E-state index in [4.69, 9.17) is 37.0 Å². The number of ether oxygens (including phenoxy) is 4. The molecule has 0 aromatic heterocycles. The molecule has 0 aliphatic heterocycles. The Kier molecular flexibility index (Phi) is 72.2. The van der Waals surface area contributed by atoms with Crippen molar-refractivity contribution < 1.29 is 80.2 Å². The second kappa shape index (κ2) is 73.6. The molecule has 0 bridgehead atoms. The number of phosphoric acid groups is 2. The van der Waals surface area contributed by atoms with Crippen LogP contribution in [0.2, 0.25) is 0 Å². The molecule has 0 amide bonds. The van der Waals surface area contributed by atoms with Crippen molar-refractivity contribution in [1.82, 2.24) is 0 Å². The van der Waals surface area contributed by atoms with Gasteiger partial charge in [0.25, 0.3) is 0 Å². The van der Waals surface area contributed by atoms with Gasteiger partial charge in [-0.25, -0.2) is 9.13 Å². The summed E-state index contributed by atoms with van der Waals surface area (Å²) < 4.78 is 68.7. The SMILES string of the molecule is CCCCCCCCCCCCCCC(=O)O[C@H](COC(=O)CCCCCCCCCCCC)COP(=O)(O)OC[C@H](O)COP(=O)(O)OC[C@@H](COC(=O)CCCCCCCCCCCCCCCCC(C)C)OC(=O)CCCCCCCCCCCCCCCCCCCCC(C)CC. The summed E-state index contributed by atoms with van der Waals surface area (Å²) in [7, 11) is -9.92. The third-order valence-corrected chi connectivity index (χ3v) is 21.5. The molecule has 0 fully saturated rings. The Hall–Kier alpha value is -1.94. The van der Waals surface area contributed by atoms with Crippen LogP contribution in [0.15, 0.2) is 0 Å². The van der Waals surface area contributed by atoms with Crippen molar-refractivity contribution in [3.8, 4) is 0 Å². The Labute approximate surface area is 619 Å². The molecule has 0 radical (unpaired) electrons. The molecule has 0 rings (SSSR count). The fourth-order valence-corrected chi connectivity index (χ4v) is 14.3. The minimum Gasteiger partial charge on any atom is -0.462 e. The molecule has 0 saturated carbocycles. The molecule has 17 nitrogen and oxygen atoms in total. The fraction of sp³-hybridized carbons (Fsp3) is 0.951. The van der Waals surface area contributed by atoms with E-state index in [2.05, 4.69) is 41.5 Å². The minimum absolute atomic E-state index is 0.108. The van der Waals surface area contributed by atoms with Crippen molar-refractivity contribution >= 4 is 39.5 Å². The van der Waals surface area contributed by atoms with E-state index in [0.717, 1.165) is 102 Å². The molecule has 101 heavy (non-hydrogen) atoms. The maximum absolute atomic E-state index is 13.1. The first kappa shape index (κ1) is 99.1. The van der Waals surface area contributed by atoms with Gasteiger partial charge in [-0.1, -0.05) is 382 Å². The number of phosphoric ester groups is 2. The van der Waals surface area contributed by atoms with Gasteiger partial charge < -0.3 is 33.8 Å². The molecule has 0 saturated heterocycles. The Morgan fingerprint density at radius 3 is 0.752 bits per heavy atom. The van der Waals surface area contributed by atoms with Gasteiger partial charge in [0.1, 0.15) is 19.3 Å². The molecule has 6 atom stereocenters. The highest BCUT2D eigenvalue weighted by molar-refractivity contribution is 7.47. The third-order valence-electron chi connectivity index (χ3n) is 19.6. The highest BCUT2D eigenvalue weighted by atomic mass is 31.2. The maximum Gasteiger partial charge on any atom is 0.472 e. The molecule has 19 heteroatoms. The summed E-state index contributed by atoms with van der Waals surface area (Å²) in [5.74, 6) is -0.436. The lowest BCUT2D eigenvalue weighted by Gasteiger charge is -2.21. The Balaban J connectivity index is 5.21. The van der Waals surface area contributed by atoms with Gasteiger partial charge >= 0.3 is 39.5 Å². The number of esters is 4. The predicted octanol–water partition coefficient (Wildman–Crippen LogP) is 24.7. The van der Waals surface area contributed by atoms with Crippen LogP contribution in [0.4, 0.5) is 0 Å². The van der Waals surface area contributed by atoms with Crippen LogP contribution in [0.5, 0.6) is 0 Å². The zero-order chi connectivity index (χ0) is 74.2. The lowest BCUT2D eigenvalue weighted by molar-refractivity contribution is -0.161. The molecule has 3 N–H and O–H groups in total. The predicted molar refractivity (Wildman–Crippen MR) is 414 cm³/mol. The van der Waals surface area contributed by atoms with Crippen LogP contribution in [0.3, 0.4) is 0 Å². The van der Waals surface area contributed by atoms with Gasteiger partial charge in [0, 0.05) is 25.7 Å². The summed E-state index contributed by atoms with van der Waals surface area (Å²) in [6, 6.07) is 0. The number of hydrogen-bond acceptors (Lipinski definition) is 15. The first-order chi connectivity index (χ1) is 48.9. The van der Waals surface area contributed by atoms with Crippen molar-refractivity contribution in [2.24, 2.45) is 11.8 Å². The fourth-order valence-electron chi connectivity index (χ4n) is 12.7. The highest BCUT2D eigenvalue weighted by Gasteiger charge is 2.30. The van der Waals surface area contributed by atoms with Gasteiger partial charge in [-0.3, -0.25) is 37.3 Å². The van der Waals surface area contributed by atoms with Crippen LogP contribution in [0, 0.1) is 11.8 Å². The van der Waals surface area contributed by atoms with Gasteiger partial charge in [-0.15, -0.1) is 0 Å². The van der Waals surface area contributed by atoms with Crippen LogP contribution in [0.1, 0.15) is 433 Å². The zero-order valence-corrected chi connectivity index (χ0v) is 68.0. The number of carbonyl (C=O) groups excluding carboxylic acids is 4. The summed E-state index contributed by atoms with van der Waals surface area (Å²) in [6.45, 7) is 9.72. The number of rotatable bonds is 81. The number of carbonyl (C=O) groups is 4. The quantitative estimate of drug-likeness (QED) is 0.0222. The van der Waals surface area contributed by atoms with Crippen molar-refractivity contribution in [2.45, 2.75) is 452 Å². The van der Waals surface area contributed by atoms with Gasteiger partial charge in [0.05, 0.1) is 26.4 Å². The summed E-state index contributed by atoms with van der Waals surface area (Å²) in [6.07, 6.45) is 63.7. The van der Waals surface area contributed by atoms with E-state index in [-0.39, 0.29) is 25.7 Å². The Morgan fingerprint density at radius 2 is 0.505 bits per heavy atom. The lowest BCUT2D eigenvalue weighted by atomic mass is 9.99. The van der Waals surface area contributed by atoms with Crippen LogP contribution >= 0.6 is 15.6 Å². The van der Waals surface area contributed by atoms with Crippen molar-refractivity contribution in [1.29, 1.82) is 0 Å². The molecule has 0 aromatic rings. The van der Waals surface area contributed by atoms with E-state index >= 15 is 0 Å². The number of unbranched alkanes of at least 4 members (excludes halogenated alkanes) is 50. The van der Waals surface area contributed by atoms with Crippen LogP contribution in [0.25, 0.3) is 0 Å². The van der Waals surface area contributed by atoms with Gasteiger partial charge in [-0.2, -0.15) is 0 Å². The second-order valence-corrected chi connectivity index (χ2v) is 33.1. The zero-order valence-electron chi connectivity index (χ0n) is 66.2. The highest BCUT2D eigenvalue weighted by Crippen LogP contribution is 2.45. The van der Waals surface area contributed by atoms with Crippen molar-refractivity contribution in [3.63, 3.8) is 0 Å². The molecular formula is C82H160O17P2. The summed E-state index contributed by atoms with van der Waals surface area (Å²) in [4.78, 5) is 73.0. The largest absolute Gasteiger partial charge is 0.472 e. The molecule has 600 valence electrons. The first-order valence-electron chi connectivity index (χ1n) is 42.5. The molecule has 0 heterocycles. The summed E-state index contributed by atoms with van der Waals surface area (Å²) >= 11 is 0. The average Bonchev–Trinajstić information content (AvgIpc) is 0.965. The van der Waals surface area contributed by atoms with E-state index in [1.54, 1.807) is 0 Å². The molecule has 0 aromatic carbocycles. The van der Waals surface area contributed by atoms with Crippen LogP contribution in [-0.2, 0) is 65.4 Å². The normalized spacial score (nSPS) is 14.2. The Bertz CT molecular complexity index is 1940. The minimum atomic E-state index is -4.96. The standard InChI is InChI=1S/C82H160O17P2/c1-7-10-12-14-16-18-20-35-42-48-54-60-66-81(86)98-77(70-92-79(84)64-58-52-46-40-19-17-15-13-11-8-2)72-96-100(88,89)94-68-76(83)69-95-101(90,91)97-73-78(71-93-80(85)65-59-53-47-41-36-31-28-27-29-33-38-44-50-56-62-74(4)5)99-82(87)67-61-55-49-43-37-32-26-24-22-21-23-25-30-34-39-45-51-57-63-75(6)9-3/h74-78,83H,7-73H2,1-6H3,(H,88,89)(H,90,91)/t75?,76-,77+,78+/m0/s1. The molecule has 0 aliphatic carbocycles. The van der Waals surface area contributed by atoms with E-state index in [1.165, 1.54) is 250 Å². The monoisotopic (exact) mass is 1480 g/mol. The topological polar surface area (TPSA) is 237 Å². The van der Waals surface area contributed by atoms with Gasteiger partial charge in [-0.05, 0) is 37.5 Å². The Morgan fingerprint density at radius 1 is 0.287 bits per heavy atom. The molecule has 3 unspecified atom stereocenters. The number of aliphatic hydroxyl groups excluding tert-OH is 1. The third kappa shape index (κ3) is 74.7. The lowest BCUT2D eigenvalue weighted by Crippen LogP contribution is -2.30. The number of aliphatic hydroxyl groups is 1. The maximum atomic E-state index is 13.1. The van der Waals surface area contributed by atoms with E-state index < -0.39 is 97.5 Å². The summed E-state index contributed by atoms with van der Waals surface area (Å²) in [5, 5.41) is 10.6. The van der Waals surface area contributed by atoms with Crippen LogP contribution in [-0.4, -0.2) is 96.7 Å². The first-order valence-corrected chi connectivity index (χ1v) is 45.5. The smallest absolute Gasteiger partial charge is 0.462 e. The second-order valence-electron chi connectivity index (χ2n) is 30.2. The number of hydrogen-bond donors (Lipinski definition) is 3. The van der Waals surface area contributed by atoms with Gasteiger partial charge in [0.15, 0.2) is 12.2 Å². The molecule has 0 aliphatic rings. The van der Waals surface area contributed by atoms with Crippen molar-refractivity contribution in [3.05, 3.63) is 0 Å². The average molecular weight is 1480 g/mol. The van der Waals surface area contributed by atoms with E-state index in [0.29, 0.717) is 25.7 Å². The van der Waals surface area contributed by atoms with E-state index in [1.807, 2.05) is 0 Å². The van der Waals surface area contributed by atoms with Crippen LogP contribution < -0.4 is 0 Å².